The van der Waals surface area contributed by atoms with Crippen LogP contribution < -0.4 is 4.74 Å². The fraction of sp³-hybridized carbons (Fsp3) is 0.200. The van der Waals surface area contributed by atoms with E-state index < -0.39 is 0 Å². The maximum atomic E-state index is 11.4. The van der Waals surface area contributed by atoms with Crippen molar-refractivity contribution in [2.45, 2.75) is 6.42 Å². The van der Waals surface area contributed by atoms with Crippen LogP contribution in [0.2, 0.25) is 0 Å². The third-order valence-electron chi connectivity index (χ3n) is 2.96. The molecular weight excluding hydrogens is 242 g/mol. The molecule has 0 aliphatic rings. The molecule has 0 bridgehead atoms. The summed E-state index contributed by atoms with van der Waals surface area (Å²) in [7, 11) is 2.99. The molecule has 0 aliphatic heterocycles. The number of fused-ring (bicyclic) bond motifs is 1. The van der Waals surface area contributed by atoms with Gasteiger partial charge in [-0.25, -0.2) is 0 Å². The molecule has 0 aliphatic carbocycles. The largest absolute Gasteiger partial charge is 0.497 e. The van der Waals surface area contributed by atoms with E-state index in [2.05, 4.69) is 11.6 Å². The Hall–Kier alpha value is -2.36. The molecule has 98 valence electrons. The SMILES string of the molecule is C=Cc1ncc(CC(=O)OC)c2ccc(OC)cc12. The van der Waals surface area contributed by atoms with Crippen molar-refractivity contribution in [1.82, 2.24) is 4.98 Å². The molecule has 2 rings (SSSR count). The van der Waals surface area contributed by atoms with Crippen LogP contribution in [0.25, 0.3) is 16.8 Å². The summed E-state index contributed by atoms with van der Waals surface area (Å²) in [5.41, 5.74) is 1.60. The van der Waals surface area contributed by atoms with Crippen LogP contribution in [0, 0.1) is 0 Å². The van der Waals surface area contributed by atoms with Crippen molar-refractivity contribution in [3.8, 4) is 5.75 Å². The van der Waals surface area contributed by atoms with E-state index in [-0.39, 0.29) is 12.4 Å². The van der Waals surface area contributed by atoms with E-state index in [1.165, 1.54) is 7.11 Å². The van der Waals surface area contributed by atoms with Crippen LogP contribution in [0.5, 0.6) is 5.75 Å². The van der Waals surface area contributed by atoms with Crippen molar-refractivity contribution in [3.63, 3.8) is 0 Å². The van der Waals surface area contributed by atoms with Gasteiger partial charge in [-0.05, 0) is 29.2 Å². The monoisotopic (exact) mass is 257 g/mol. The number of rotatable bonds is 4. The van der Waals surface area contributed by atoms with Gasteiger partial charge in [0, 0.05) is 11.6 Å². The molecule has 0 N–H and O–H groups in total. The van der Waals surface area contributed by atoms with Gasteiger partial charge < -0.3 is 9.47 Å². The van der Waals surface area contributed by atoms with Crippen molar-refractivity contribution >= 4 is 22.8 Å². The average Bonchev–Trinajstić information content (AvgIpc) is 2.46. The van der Waals surface area contributed by atoms with Gasteiger partial charge in [-0.2, -0.15) is 0 Å². The van der Waals surface area contributed by atoms with E-state index in [0.29, 0.717) is 0 Å². The van der Waals surface area contributed by atoms with Crippen LogP contribution in [-0.2, 0) is 16.0 Å². The Balaban J connectivity index is 2.61. The zero-order valence-corrected chi connectivity index (χ0v) is 11.0. The molecule has 0 fully saturated rings. The number of hydrogen-bond donors (Lipinski definition) is 0. The number of methoxy groups -OCH3 is 2. The molecule has 4 nitrogen and oxygen atoms in total. The first-order chi connectivity index (χ1) is 9.19. The number of nitrogens with zero attached hydrogens (tertiary/aromatic N) is 1. The van der Waals surface area contributed by atoms with E-state index in [1.807, 2.05) is 18.2 Å². The molecule has 1 heterocycles. The second-order valence-corrected chi connectivity index (χ2v) is 4.04. The number of carbonyl (C=O) groups is 1. The van der Waals surface area contributed by atoms with Gasteiger partial charge in [0.15, 0.2) is 0 Å². The summed E-state index contributed by atoms with van der Waals surface area (Å²) < 4.78 is 9.90. The molecule has 0 radical (unpaired) electrons. The summed E-state index contributed by atoms with van der Waals surface area (Å²) in [6.45, 7) is 3.75. The van der Waals surface area contributed by atoms with E-state index >= 15 is 0 Å². The van der Waals surface area contributed by atoms with Gasteiger partial charge in [0.2, 0.25) is 0 Å². The lowest BCUT2D eigenvalue weighted by Crippen LogP contribution is -2.05. The highest BCUT2D eigenvalue weighted by Crippen LogP contribution is 2.26. The molecule has 19 heavy (non-hydrogen) atoms. The summed E-state index contributed by atoms with van der Waals surface area (Å²) in [5, 5.41) is 1.87. The number of pyridine rings is 1. The fourth-order valence-electron chi connectivity index (χ4n) is 1.96. The zero-order chi connectivity index (χ0) is 13.8. The topological polar surface area (TPSA) is 48.4 Å². The van der Waals surface area contributed by atoms with Crippen LogP contribution in [-0.4, -0.2) is 25.2 Å². The number of carbonyl (C=O) groups excluding carboxylic acids is 1. The molecule has 0 saturated heterocycles. The molecule has 2 aromatic rings. The van der Waals surface area contributed by atoms with Gasteiger partial charge >= 0.3 is 5.97 Å². The molecule has 4 heteroatoms. The summed E-state index contributed by atoms with van der Waals surface area (Å²) >= 11 is 0. The fourth-order valence-corrected chi connectivity index (χ4v) is 1.96. The van der Waals surface area contributed by atoms with Crippen LogP contribution in [0.3, 0.4) is 0 Å². The number of aromatic nitrogens is 1. The minimum atomic E-state index is -0.287. The lowest BCUT2D eigenvalue weighted by Gasteiger charge is -2.09. The summed E-state index contributed by atoms with van der Waals surface area (Å²) in [5.74, 6) is 0.456. The number of esters is 1. The predicted molar refractivity (Wildman–Crippen MR) is 74.1 cm³/mol. The lowest BCUT2D eigenvalue weighted by atomic mass is 10.0. The van der Waals surface area contributed by atoms with E-state index in [0.717, 1.165) is 27.8 Å². The molecule has 1 aromatic carbocycles. The third kappa shape index (κ3) is 2.57. The van der Waals surface area contributed by atoms with E-state index in [1.54, 1.807) is 19.4 Å². The first-order valence-electron chi connectivity index (χ1n) is 5.84. The smallest absolute Gasteiger partial charge is 0.310 e. The maximum absolute atomic E-state index is 11.4. The summed E-state index contributed by atoms with van der Waals surface area (Å²) in [6, 6.07) is 5.66. The predicted octanol–water partition coefficient (Wildman–Crippen LogP) is 2.60. The van der Waals surface area contributed by atoms with Crippen molar-refractivity contribution in [1.29, 1.82) is 0 Å². The minimum absolute atomic E-state index is 0.198. The van der Waals surface area contributed by atoms with Crippen molar-refractivity contribution < 1.29 is 14.3 Å². The van der Waals surface area contributed by atoms with Crippen LogP contribution in [0.4, 0.5) is 0 Å². The second-order valence-electron chi connectivity index (χ2n) is 4.04. The van der Waals surface area contributed by atoms with Crippen molar-refractivity contribution in [2.75, 3.05) is 14.2 Å². The molecule has 1 aromatic heterocycles. The quantitative estimate of drug-likeness (QED) is 0.790. The first kappa shape index (κ1) is 13.1. The molecule has 0 saturated carbocycles. The summed E-state index contributed by atoms with van der Waals surface area (Å²) in [6.07, 6.45) is 3.57. The van der Waals surface area contributed by atoms with Gasteiger partial charge in [0.05, 0.1) is 26.3 Å². The van der Waals surface area contributed by atoms with Crippen LogP contribution in [0.1, 0.15) is 11.3 Å². The minimum Gasteiger partial charge on any atom is -0.497 e. The van der Waals surface area contributed by atoms with Gasteiger partial charge in [-0.1, -0.05) is 12.6 Å². The van der Waals surface area contributed by atoms with Gasteiger partial charge in [-0.3, -0.25) is 9.78 Å². The Morgan fingerprint density at radius 2 is 2.16 bits per heavy atom. The Morgan fingerprint density at radius 1 is 1.37 bits per heavy atom. The maximum Gasteiger partial charge on any atom is 0.310 e. The molecule has 0 spiro atoms. The van der Waals surface area contributed by atoms with Crippen LogP contribution >= 0.6 is 0 Å². The van der Waals surface area contributed by atoms with Gasteiger partial charge in [0.25, 0.3) is 0 Å². The standard InChI is InChI=1S/C15H15NO3/c1-4-14-13-8-11(18-2)5-6-12(13)10(9-16-14)7-15(17)19-3/h4-6,8-9H,1,7H2,2-3H3. The Labute approximate surface area is 111 Å². The summed E-state index contributed by atoms with van der Waals surface area (Å²) in [4.78, 5) is 15.7. The first-order valence-corrected chi connectivity index (χ1v) is 5.84. The third-order valence-corrected chi connectivity index (χ3v) is 2.96. The molecule has 0 atom stereocenters. The number of ether oxygens (including phenoxy) is 2. The Bertz CT molecular complexity index is 635. The highest BCUT2D eigenvalue weighted by atomic mass is 16.5. The Kier molecular flexibility index (Phi) is 3.80. The number of benzene rings is 1. The normalized spacial score (nSPS) is 10.2. The lowest BCUT2D eigenvalue weighted by molar-refractivity contribution is -0.139. The second kappa shape index (κ2) is 5.52. The number of hydrogen-bond acceptors (Lipinski definition) is 4. The molecule has 0 amide bonds. The Morgan fingerprint density at radius 3 is 2.79 bits per heavy atom. The van der Waals surface area contributed by atoms with Crippen LogP contribution in [0.15, 0.2) is 31.0 Å². The van der Waals surface area contributed by atoms with Crippen molar-refractivity contribution in [2.24, 2.45) is 0 Å². The van der Waals surface area contributed by atoms with Gasteiger partial charge in [-0.15, -0.1) is 0 Å². The zero-order valence-electron chi connectivity index (χ0n) is 11.0. The molecule has 0 unspecified atom stereocenters. The highest BCUT2D eigenvalue weighted by Gasteiger charge is 2.10. The van der Waals surface area contributed by atoms with Gasteiger partial charge in [0.1, 0.15) is 5.75 Å². The highest BCUT2D eigenvalue weighted by molar-refractivity contribution is 5.94. The molecular formula is C15H15NO3. The average molecular weight is 257 g/mol. The van der Waals surface area contributed by atoms with E-state index in [9.17, 15) is 4.79 Å². The van der Waals surface area contributed by atoms with Crippen molar-refractivity contribution in [3.05, 3.63) is 42.2 Å². The van der Waals surface area contributed by atoms with E-state index in [4.69, 9.17) is 9.47 Å².